The van der Waals surface area contributed by atoms with Crippen LogP contribution in [0.1, 0.15) is 113 Å². The van der Waals surface area contributed by atoms with Gasteiger partial charge in [0.1, 0.15) is 5.82 Å². The molecule has 0 aliphatic carbocycles. The molecule has 9 nitrogen and oxygen atoms in total. The van der Waals surface area contributed by atoms with E-state index in [4.69, 9.17) is 4.74 Å². The number of ether oxygens (including phenoxy) is 1. The van der Waals surface area contributed by atoms with Gasteiger partial charge >= 0.3 is 55.8 Å². The molecule has 6 rings (SSSR count). The summed E-state index contributed by atoms with van der Waals surface area (Å²) < 4.78 is 57.6. The SMILES string of the molecule is C[C@H](NC(=O)C1CCCCN1Cc1ccc(C(F)(F)F)cc1)c1ccc(C(=O)OC(=O)c2ccc([C@H](C)NC(=O)[C@H]3CCCCN3Cc3ccc(F)cc3)cc2)cc1.[LiH].[LiH]. The molecule has 60 heavy (non-hydrogen) atoms. The van der Waals surface area contributed by atoms with E-state index in [1.165, 1.54) is 36.4 Å². The zero-order valence-electron chi connectivity index (χ0n) is 32.6. The van der Waals surface area contributed by atoms with Gasteiger partial charge in [-0.2, -0.15) is 13.2 Å². The Hall–Kier alpha value is -4.21. The van der Waals surface area contributed by atoms with E-state index in [9.17, 15) is 36.7 Å². The minimum atomic E-state index is -4.41. The monoisotopic (exact) mass is 816 g/mol. The van der Waals surface area contributed by atoms with E-state index in [0.717, 1.165) is 67.5 Å². The number of hydrogen-bond acceptors (Lipinski definition) is 7. The van der Waals surface area contributed by atoms with Crippen LogP contribution in [-0.4, -0.2) is 96.4 Å². The summed E-state index contributed by atoms with van der Waals surface area (Å²) in [6.45, 7) is 5.98. The van der Waals surface area contributed by atoms with Gasteiger partial charge in [0, 0.05) is 13.1 Å². The molecular weight excluding hydrogens is 766 g/mol. The van der Waals surface area contributed by atoms with Crippen molar-refractivity contribution in [2.75, 3.05) is 13.1 Å². The van der Waals surface area contributed by atoms with E-state index < -0.39 is 35.8 Å². The molecule has 4 aromatic rings. The van der Waals surface area contributed by atoms with Crippen LogP contribution in [0.3, 0.4) is 0 Å². The number of hydrogen-bond donors (Lipinski definition) is 2. The maximum atomic E-state index is 13.4. The second-order valence-corrected chi connectivity index (χ2v) is 15.2. The summed E-state index contributed by atoms with van der Waals surface area (Å²) in [5.74, 6) is -2.26. The van der Waals surface area contributed by atoms with Crippen LogP contribution in [-0.2, 0) is 33.6 Å². The summed E-state index contributed by atoms with van der Waals surface area (Å²) in [7, 11) is 0. The molecule has 1 unspecified atom stereocenters. The second kappa shape index (κ2) is 22.1. The number of benzene rings is 4. The Balaban J connectivity index is 0.00000397. The maximum absolute atomic E-state index is 13.4. The average molecular weight is 817 g/mol. The summed E-state index contributed by atoms with van der Waals surface area (Å²) in [4.78, 5) is 56.7. The quantitative estimate of drug-likeness (QED) is 0.0686. The molecule has 4 atom stereocenters. The summed E-state index contributed by atoms with van der Waals surface area (Å²) in [6.07, 6.45) is 0.577. The molecule has 2 aliphatic heterocycles. The van der Waals surface area contributed by atoms with Crippen LogP contribution in [0.25, 0.3) is 0 Å². The number of carbonyl (C=O) groups excluding carboxylic acids is 4. The Morgan fingerprint density at radius 2 is 1.00 bits per heavy atom. The number of nitrogens with zero attached hydrogens (tertiary/aromatic N) is 2. The molecule has 2 heterocycles. The first-order valence-corrected chi connectivity index (χ1v) is 19.7. The fourth-order valence-electron chi connectivity index (χ4n) is 7.62. The molecule has 2 aliphatic rings. The van der Waals surface area contributed by atoms with Crippen LogP contribution in [0, 0.1) is 5.82 Å². The predicted octanol–water partition coefficient (Wildman–Crippen LogP) is 7.01. The van der Waals surface area contributed by atoms with E-state index >= 15 is 0 Å². The normalized spacial score (nSPS) is 18.2. The number of carbonyl (C=O) groups is 4. The summed E-state index contributed by atoms with van der Waals surface area (Å²) in [6, 6.07) is 22.7. The number of piperidine rings is 2. The van der Waals surface area contributed by atoms with Crippen molar-refractivity contribution < 1.29 is 41.5 Å². The molecule has 310 valence electrons. The van der Waals surface area contributed by atoms with Crippen molar-refractivity contribution in [1.29, 1.82) is 0 Å². The van der Waals surface area contributed by atoms with Crippen LogP contribution < -0.4 is 10.6 Å². The second-order valence-electron chi connectivity index (χ2n) is 15.2. The number of amides is 2. The molecule has 0 spiro atoms. The van der Waals surface area contributed by atoms with Crippen molar-refractivity contribution in [1.82, 2.24) is 20.4 Å². The van der Waals surface area contributed by atoms with Gasteiger partial charge in [0.15, 0.2) is 0 Å². The predicted molar refractivity (Wildman–Crippen MR) is 224 cm³/mol. The minimum absolute atomic E-state index is 0. The topological polar surface area (TPSA) is 108 Å². The van der Waals surface area contributed by atoms with Crippen molar-refractivity contribution >= 4 is 61.5 Å². The Bertz CT molecular complexity index is 2050. The van der Waals surface area contributed by atoms with Crippen LogP contribution in [0.2, 0.25) is 0 Å². The van der Waals surface area contributed by atoms with Gasteiger partial charge in [-0.05, 0) is 123 Å². The van der Waals surface area contributed by atoms with Crippen molar-refractivity contribution in [3.05, 3.63) is 142 Å². The van der Waals surface area contributed by atoms with Gasteiger partial charge < -0.3 is 15.4 Å². The van der Waals surface area contributed by atoms with Crippen LogP contribution in [0.4, 0.5) is 17.6 Å². The molecule has 2 fully saturated rings. The van der Waals surface area contributed by atoms with E-state index in [2.05, 4.69) is 15.5 Å². The fourth-order valence-corrected chi connectivity index (χ4v) is 7.62. The van der Waals surface area contributed by atoms with Gasteiger partial charge in [-0.1, -0.05) is 61.4 Å². The molecule has 4 aromatic carbocycles. The third-order valence-electron chi connectivity index (χ3n) is 11.0. The first kappa shape index (κ1) is 48.5. The van der Waals surface area contributed by atoms with E-state index in [1.54, 1.807) is 48.5 Å². The van der Waals surface area contributed by atoms with Gasteiger partial charge in [-0.15, -0.1) is 0 Å². The van der Waals surface area contributed by atoms with Crippen molar-refractivity contribution in [2.24, 2.45) is 0 Å². The summed E-state index contributed by atoms with van der Waals surface area (Å²) >= 11 is 0. The summed E-state index contributed by atoms with van der Waals surface area (Å²) in [5.41, 5.74) is 2.72. The molecule has 2 amide bonds. The molecule has 0 radical (unpaired) electrons. The zero-order valence-corrected chi connectivity index (χ0v) is 32.6. The molecule has 15 heteroatoms. The Morgan fingerprint density at radius 3 is 1.38 bits per heavy atom. The summed E-state index contributed by atoms with van der Waals surface area (Å²) in [5, 5.41) is 6.11. The van der Waals surface area contributed by atoms with Gasteiger partial charge in [0.05, 0.1) is 40.9 Å². The van der Waals surface area contributed by atoms with E-state index in [1.807, 2.05) is 18.7 Å². The van der Waals surface area contributed by atoms with Crippen LogP contribution >= 0.6 is 0 Å². The first-order valence-electron chi connectivity index (χ1n) is 19.7. The Morgan fingerprint density at radius 1 is 0.617 bits per heavy atom. The molecule has 0 bridgehead atoms. The number of esters is 2. The number of alkyl halides is 3. The molecule has 0 saturated carbocycles. The number of rotatable bonds is 12. The van der Waals surface area contributed by atoms with Crippen molar-refractivity contribution in [3.63, 3.8) is 0 Å². The molecule has 0 aromatic heterocycles. The van der Waals surface area contributed by atoms with E-state index in [0.29, 0.717) is 31.6 Å². The Kier molecular flexibility index (Phi) is 17.8. The van der Waals surface area contributed by atoms with Gasteiger partial charge in [0.2, 0.25) is 11.8 Å². The third-order valence-corrected chi connectivity index (χ3v) is 11.0. The molecular formula is C45H50F4Li2N4O5. The first-order chi connectivity index (χ1) is 27.7. The van der Waals surface area contributed by atoms with Gasteiger partial charge in [0.25, 0.3) is 0 Å². The average Bonchev–Trinajstić information content (AvgIpc) is 3.22. The van der Waals surface area contributed by atoms with Crippen LogP contribution in [0.5, 0.6) is 0 Å². The molecule has 2 N–H and O–H groups in total. The van der Waals surface area contributed by atoms with Crippen molar-refractivity contribution in [2.45, 2.75) is 95.8 Å². The molecule has 2 saturated heterocycles. The van der Waals surface area contributed by atoms with Gasteiger partial charge in [-0.3, -0.25) is 19.4 Å². The van der Waals surface area contributed by atoms with Crippen molar-refractivity contribution in [3.8, 4) is 0 Å². The fraction of sp³-hybridized carbons (Fsp3) is 0.378. The van der Waals surface area contributed by atoms with E-state index in [-0.39, 0.29) is 78.6 Å². The third kappa shape index (κ3) is 12.9. The number of nitrogens with one attached hydrogen (secondary N) is 2. The van der Waals surface area contributed by atoms with Crippen LogP contribution in [0.15, 0.2) is 97.1 Å². The number of halogens is 4. The Labute approximate surface area is 372 Å². The zero-order chi connectivity index (χ0) is 41.4. The standard InChI is InChI=1S/C45H48F4N4O5.2Li.2H/c1-29(50-41(54)39-7-3-5-25-52(39)27-31-9-21-37(22-10-31)45(47,48)49)33-13-17-35(18-14-33)43(56)58-44(57)36-19-15-34(16-20-36)30(2)51-42(55)40-8-4-6-26-53(40)28-32-11-23-38(46)24-12-32;;;;/h9-24,29-30,39-40H,3-8,25-28H2,1-2H3,(H,50,54)(H,51,55);;;;/t29-,30-,39?,40+;;;;/m0..../s1. The van der Waals surface area contributed by atoms with Gasteiger partial charge in [-0.25, -0.2) is 14.0 Å². The number of likely N-dealkylation sites (tertiary alicyclic amines) is 2.